The molecule has 3 nitrogen and oxygen atoms in total. The molecule has 0 aliphatic rings. The lowest BCUT2D eigenvalue weighted by Gasteiger charge is -2.07. The summed E-state index contributed by atoms with van der Waals surface area (Å²) in [5.41, 5.74) is 3.99. The van der Waals surface area contributed by atoms with Crippen LogP contribution >= 0.6 is 11.8 Å². The molecule has 2 aromatic rings. The molecule has 2 rings (SSSR count). The van der Waals surface area contributed by atoms with E-state index in [9.17, 15) is 9.59 Å². The van der Waals surface area contributed by atoms with Crippen molar-refractivity contribution in [2.45, 2.75) is 38.5 Å². The Morgan fingerprint density at radius 1 is 0.920 bits per heavy atom. The van der Waals surface area contributed by atoms with Gasteiger partial charge in [-0.1, -0.05) is 35.4 Å². The number of carbonyl (C=O) groups excluding carboxylic acids is 2. The second-order valence-electron chi connectivity index (χ2n) is 6.25. The molecule has 0 heterocycles. The monoisotopic (exact) mass is 355 g/mol. The molecule has 0 aliphatic heterocycles. The van der Waals surface area contributed by atoms with E-state index >= 15 is 0 Å². The molecule has 0 unspecified atom stereocenters. The highest BCUT2D eigenvalue weighted by atomic mass is 32.2. The Morgan fingerprint density at radius 2 is 1.60 bits per heavy atom. The first kappa shape index (κ1) is 19.3. The lowest BCUT2D eigenvalue weighted by molar-refractivity contribution is -0.120. The molecule has 1 amide bonds. The molecule has 0 atom stereocenters. The number of nitrogens with one attached hydrogen (secondary N) is 1. The van der Waals surface area contributed by atoms with Gasteiger partial charge in [-0.25, -0.2) is 0 Å². The number of hydrogen-bond donors (Lipinski definition) is 1. The van der Waals surface area contributed by atoms with Gasteiger partial charge in [0.05, 0.1) is 0 Å². The third-order valence-electron chi connectivity index (χ3n) is 3.99. The van der Waals surface area contributed by atoms with Crippen molar-refractivity contribution in [2.24, 2.45) is 0 Å². The summed E-state index contributed by atoms with van der Waals surface area (Å²) in [6.45, 7) is 6.56. The number of Topliss-reactive ketones (excluding diaryl/α,β-unsaturated/α-hetero) is 1. The number of ketones is 1. The molecule has 0 spiro atoms. The van der Waals surface area contributed by atoms with E-state index in [0.717, 1.165) is 22.4 Å². The first-order valence-electron chi connectivity index (χ1n) is 8.52. The molecule has 4 heteroatoms. The molecule has 1 N–H and O–H groups in total. The van der Waals surface area contributed by atoms with Crippen molar-refractivity contribution >= 4 is 23.5 Å². The molecule has 0 saturated carbocycles. The van der Waals surface area contributed by atoms with Crippen LogP contribution in [0.4, 0.5) is 0 Å². The van der Waals surface area contributed by atoms with Gasteiger partial charge >= 0.3 is 0 Å². The Labute approximate surface area is 154 Å². The van der Waals surface area contributed by atoms with Gasteiger partial charge in [0.1, 0.15) is 0 Å². The maximum atomic E-state index is 12.3. The van der Waals surface area contributed by atoms with Crippen molar-refractivity contribution in [3.63, 3.8) is 0 Å². The topological polar surface area (TPSA) is 46.2 Å². The molecule has 0 saturated heterocycles. The molecule has 0 aromatic heterocycles. The fraction of sp³-hybridized carbons (Fsp3) is 0.333. The first-order valence-corrected chi connectivity index (χ1v) is 9.51. The van der Waals surface area contributed by atoms with E-state index < -0.39 is 0 Å². The van der Waals surface area contributed by atoms with Crippen LogP contribution in [0.5, 0.6) is 0 Å². The van der Waals surface area contributed by atoms with E-state index in [1.165, 1.54) is 10.5 Å². The summed E-state index contributed by atoms with van der Waals surface area (Å²) >= 11 is 1.71. The second-order valence-corrected chi connectivity index (χ2v) is 7.42. The van der Waals surface area contributed by atoms with Gasteiger partial charge in [-0.15, -0.1) is 11.8 Å². The molecule has 2 aromatic carbocycles. The van der Waals surface area contributed by atoms with Crippen molar-refractivity contribution < 1.29 is 9.59 Å². The zero-order valence-corrected chi connectivity index (χ0v) is 15.9. The number of benzene rings is 2. The number of amides is 1. The van der Waals surface area contributed by atoms with Gasteiger partial charge in [-0.2, -0.15) is 0 Å². The van der Waals surface area contributed by atoms with E-state index in [4.69, 9.17) is 0 Å². The number of carbonyl (C=O) groups is 2. The molecule has 132 valence electrons. The van der Waals surface area contributed by atoms with Gasteiger partial charge < -0.3 is 5.32 Å². The van der Waals surface area contributed by atoms with Crippen molar-refractivity contribution in [3.05, 3.63) is 64.7 Å². The van der Waals surface area contributed by atoms with Crippen LogP contribution < -0.4 is 5.32 Å². The first-order chi connectivity index (χ1) is 12.0. The highest BCUT2D eigenvalue weighted by Crippen LogP contribution is 2.17. The van der Waals surface area contributed by atoms with Crippen LogP contribution in [0.15, 0.2) is 47.4 Å². The zero-order chi connectivity index (χ0) is 18.2. The second kappa shape index (κ2) is 9.42. The lowest BCUT2D eigenvalue weighted by atomic mass is 9.99. The Morgan fingerprint density at radius 3 is 2.32 bits per heavy atom. The Hall–Kier alpha value is -2.07. The minimum Gasteiger partial charge on any atom is -0.355 e. The summed E-state index contributed by atoms with van der Waals surface area (Å²) in [6.07, 6.45) is 0.489. The highest BCUT2D eigenvalue weighted by molar-refractivity contribution is 7.99. The van der Waals surface area contributed by atoms with Crippen LogP contribution in [-0.4, -0.2) is 24.0 Å². The Balaban J connectivity index is 1.69. The summed E-state index contributed by atoms with van der Waals surface area (Å²) < 4.78 is 0. The number of aryl methyl sites for hydroxylation is 3. The van der Waals surface area contributed by atoms with E-state index in [-0.39, 0.29) is 24.5 Å². The van der Waals surface area contributed by atoms with Gasteiger partial charge in [-0.05, 0) is 44.5 Å². The average molecular weight is 356 g/mol. The van der Waals surface area contributed by atoms with E-state index in [1.54, 1.807) is 11.8 Å². The van der Waals surface area contributed by atoms with Gasteiger partial charge in [0.2, 0.25) is 5.91 Å². The van der Waals surface area contributed by atoms with Crippen LogP contribution in [0.2, 0.25) is 0 Å². The smallest absolute Gasteiger partial charge is 0.220 e. The SMILES string of the molecule is Cc1ccc(SCCNC(=O)CCC(=O)c2cc(C)ccc2C)cc1. The van der Waals surface area contributed by atoms with E-state index in [2.05, 4.69) is 36.5 Å². The zero-order valence-electron chi connectivity index (χ0n) is 15.1. The molecule has 25 heavy (non-hydrogen) atoms. The van der Waals surface area contributed by atoms with Crippen molar-refractivity contribution in [3.8, 4) is 0 Å². The Bertz CT molecular complexity index is 738. The van der Waals surface area contributed by atoms with Gasteiger partial charge in [-0.3, -0.25) is 9.59 Å². The van der Waals surface area contributed by atoms with Crippen LogP contribution in [0.1, 0.15) is 39.9 Å². The summed E-state index contributed by atoms with van der Waals surface area (Å²) in [5.74, 6) is 0.785. The summed E-state index contributed by atoms with van der Waals surface area (Å²) in [4.78, 5) is 25.4. The minimum absolute atomic E-state index is 0.0328. The van der Waals surface area contributed by atoms with E-state index in [0.29, 0.717) is 6.54 Å². The predicted octanol–water partition coefficient (Wildman–Crippen LogP) is 4.48. The van der Waals surface area contributed by atoms with Crippen molar-refractivity contribution in [1.82, 2.24) is 5.32 Å². The maximum Gasteiger partial charge on any atom is 0.220 e. The highest BCUT2D eigenvalue weighted by Gasteiger charge is 2.11. The standard InChI is InChI=1S/C21H25NO2S/c1-15-5-8-18(9-6-15)25-13-12-22-21(24)11-10-20(23)19-14-16(2)4-7-17(19)3/h4-9,14H,10-13H2,1-3H3,(H,22,24). The van der Waals surface area contributed by atoms with Gasteiger partial charge in [0.25, 0.3) is 0 Å². The molecular formula is C21H25NO2S. The van der Waals surface area contributed by atoms with Crippen LogP contribution in [-0.2, 0) is 4.79 Å². The van der Waals surface area contributed by atoms with E-state index in [1.807, 2.05) is 32.0 Å². The lowest BCUT2D eigenvalue weighted by Crippen LogP contribution is -2.26. The molecule has 0 aliphatic carbocycles. The number of thioether (sulfide) groups is 1. The largest absolute Gasteiger partial charge is 0.355 e. The summed E-state index contributed by atoms with van der Waals surface area (Å²) in [6, 6.07) is 14.2. The minimum atomic E-state index is -0.0665. The molecular weight excluding hydrogens is 330 g/mol. The fourth-order valence-electron chi connectivity index (χ4n) is 2.48. The van der Waals surface area contributed by atoms with Crippen LogP contribution in [0.3, 0.4) is 0 Å². The number of hydrogen-bond acceptors (Lipinski definition) is 3. The van der Waals surface area contributed by atoms with Crippen molar-refractivity contribution in [1.29, 1.82) is 0 Å². The Kier molecular flexibility index (Phi) is 7.26. The van der Waals surface area contributed by atoms with Gasteiger partial charge in [0, 0.05) is 35.6 Å². The normalized spacial score (nSPS) is 10.5. The van der Waals surface area contributed by atoms with Gasteiger partial charge in [0.15, 0.2) is 5.78 Å². The summed E-state index contributed by atoms with van der Waals surface area (Å²) in [7, 11) is 0. The molecule has 0 radical (unpaired) electrons. The van der Waals surface area contributed by atoms with Crippen LogP contribution in [0, 0.1) is 20.8 Å². The predicted molar refractivity (Wildman–Crippen MR) is 104 cm³/mol. The average Bonchev–Trinajstić information content (AvgIpc) is 2.60. The summed E-state index contributed by atoms with van der Waals surface area (Å²) in [5, 5.41) is 2.89. The third kappa shape index (κ3) is 6.39. The molecule has 0 bridgehead atoms. The third-order valence-corrected chi connectivity index (χ3v) is 5.00. The maximum absolute atomic E-state index is 12.3. The molecule has 0 fully saturated rings. The van der Waals surface area contributed by atoms with Crippen LogP contribution in [0.25, 0.3) is 0 Å². The quantitative estimate of drug-likeness (QED) is 0.431. The van der Waals surface area contributed by atoms with Crippen molar-refractivity contribution in [2.75, 3.05) is 12.3 Å². The fourth-order valence-corrected chi connectivity index (χ4v) is 3.25. The number of rotatable bonds is 8.